The summed E-state index contributed by atoms with van der Waals surface area (Å²) in [5.41, 5.74) is 1.71. The van der Waals surface area contributed by atoms with Crippen LogP contribution in [0.1, 0.15) is 26.0 Å². The smallest absolute Gasteiger partial charge is 0.155 e. The van der Waals surface area contributed by atoms with E-state index < -0.39 is 11.8 Å². The van der Waals surface area contributed by atoms with Gasteiger partial charge < -0.3 is 15.7 Å². The average molecular weight is 370 g/mol. The third kappa shape index (κ3) is 3.77. The van der Waals surface area contributed by atoms with Gasteiger partial charge in [0.2, 0.25) is 0 Å². The first-order valence-electron chi connectivity index (χ1n) is 9.05. The molecule has 1 aliphatic rings. The van der Waals surface area contributed by atoms with Crippen LogP contribution in [0.3, 0.4) is 0 Å². The van der Waals surface area contributed by atoms with Gasteiger partial charge in [0.25, 0.3) is 0 Å². The highest BCUT2D eigenvalue weighted by Crippen LogP contribution is 2.24. The molecule has 0 amide bonds. The number of hydrogen-bond acceptors (Lipinski definition) is 6. The molecule has 3 N–H and O–H groups in total. The van der Waals surface area contributed by atoms with Crippen molar-refractivity contribution in [2.45, 2.75) is 38.1 Å². The lowest BCUT2D eigenvalue weighted by Gasteiger charge is -2.26. The molecule has 7 nitrogen and oxygen atoms in total. The van der Waals surface area contributed by atoms with Crippen molar-refractivity contribution < 1.29 is 9.50 Å². The van der Waals surface area contributed by atoms with E-state index in [4.69, 9.17) is 0 Å². The lowest BCUT2D eigenvalue weighted by molar-refractivity contribution is 0.0734. The summed E-state index contributed by atoms with van der Waals surface area (Å²) in [6.45, 7) is 4.50. The summed E-state index contributed by atoms with van der Waals surface area (Å²) in [7, 11) is 0. The maximum atomic E-state index is 13.6. The Hall–Kier alpha value is -2.58. The van der Waals surface area contributed by atoms with E-state index in [2.05, 4.69) is 25.6 Å². The molecule has 0 aliphatic carbocycles. The van der Waals surface area contributed by atoms with E-state index >= 15 is 0 Å². The fourth-order valence-corrected chi connectivity index (χ4v) is 3.26. The molecule has 8 heteroatoms. The molecule has 0 spiro atoms. The molecule has 0 saturated carbocycles. The number of pyridine rings is 1. The van der Waals surface area contributed by atoms with Gasteiger partial charge in [-0.3, -0.25) is 9.38 Å². The highest BCUT2D eigenvalue weighted by Gasteiger charge is 2.22. The molecule has 0 aromatic carbocycles. The number of nitrogens with one attached hydrogen (secondary N) is 2. The van der Waals surface area contributed by atoms with Gasteiger partial charge >= 0.3 is 0 Å². The zero-order chi connectivity index (χ0) is 19.0. The SMILES string of the molecule is CC(C)(O)c1cn2c(-c3cccc(N[C@H]4CNC[C@@H](F)C4)n3)cnc2cn1. The second-order valence-corrected chi connectivity index (χ2v) is 7.44. The van der Waals surface area contributed by atoms with Gasteiger partial charge in [0.15, 0.2) is 5.65 Å². The summed E-state index contributed by atoms with van der Waals surface area (Å²) in [6.07, 6.45) is 4.77. The average Bonchev–Trinajstić information content (AvgIpc) is 3.04. The quantitative estimate of drug-likeness (QED) is 0.652. The van der Waals surface area contributed by atoms with Gasteiger partial charge in [-0.25, -0.2) is 14.4 Å². The van der Waals surface area contributed by atoms with Crippen LogP contribution in [0.15, 0.2) is 36.8 Å². The summed E-state index contributed by atoms with van der Waals surface area (Å²) in [5, 5.41) is 16.6. The van der Waals surface area contributed by atoms with Crippen LogP contribution in [0.5, 0.6) is 0 Å². The number of anilines is 1. The predicted octanol–water partition coefficient (Wildman–Crippen LogP) is 2.13. The van der Waals surface area contributed by atoms with Gasteiger partial charge in [0.1, 0.15) is 17.6 Å². The first-order valence-corrected chi connectivity index (χ1v) is 9.05. The number of imidazole rings is 1. The molecule has 4 heterocycles. The Bertz CT molecular complexity index is 951. The molecule has 27 heavy (non-hydrogen) atoms. The van der Waals surface area contributed by atoms with Crippen LogP contribution >= 0.6 is 0 Å². The number of fused-ring (bicyclic) bond motifs is 1. The third-order valence-electron chi connectivity index (χ3n) is 4.68. The fourth-order valence-electron chi connectivity index (χ4n) is 3.26. The number of aromatic nitrogens is 4. The topological polar surface area (TPSA) is 87.4 Å². The molecule has 4 rings (SSSR count). The predicted molar refractivity (Wildman–Crippen MR) is 101 cm³/mol. The number of piperidine rings is 1. The number of halogens is 1. The van der Waals surface area contributed by atoms with Crippen molar-refractivity contribution in [2.75, 3.05) is 18.4 Å². The Morgan fingerprint density at radius 1 is 1.26 bits per heavy atom. The summed E-state index contributed by atoms with van der Waals surface area (Å²) >= 11 is 0. The largest absolute Gasteiger partial charge is 0.384 e. The number of alkyl halides is 1. The van der Waals surface area contributed by atoms with E-state index in [1.54, 1.807) is 32.4 Å². The normalized spacial score (nSPS) is 20.7. The molecule has 1 saturated heterocycles. The van der Waals surface area contributed by atoms with E-state index in [0.717, 1.165) is 11.4 Å². The van der Waals surface area contributed by atoms with E-state index in [9.17, 15) is 9.50 Å². The summed E-state index contributed by atoms with van der Waals surface area (Å²) in [5.74, 6) is 0.695. The Labute approximate surface area is 156 Å². The minimum atomic E-state index is -1.05. The van der Waals surface area contributed by atoms with Crippen molar-refractivity contribution in [1.29, 1.82) is 0 Å². The molecule has 1 fully saturated rings. The van der Waals surface area contributed by atoms with Crippen LogP contribution in [-0.2, 0) is 5.60 Å². The number of aliphatic hydroxyl groups is 1. The lowest BCUT2D eigenvalue weighted by Crippen LogP contribution is -2.44. The molecule has 3 aromatic rings. The van der Waals surface area contributed by atoms with Crippen molar-refractivity contribution >= 4 is 11.5 Å². The first kappa shape index (κ1) is 17.8. The van der Waals surface area contributed by atoms with Crippen LogP contribution in [0.25, 0.3) is 17.0 Å². The van der Waals surface area contributed by atoms with Crippen molar-refractivity contribution in [2.24, 2.45) is 0 Å². The number of rotatable bonds is 4. The zero-order valence-corrected chi connectivity index (χ0v) is 15.4. The van der Waals surface area contributed by atoms with Crippen LogP contribution in [-0.4, -0.2) is 49.8 Å². The van der Waals surface area contributed by atoms with E-state index in [1.165, 1.54) is 0 Å². The van der Waals surface area contributed by atoms with Crippen LogP contribution in [0.2, 0.25) is 0 Å². The second kappa shape index (κ2) is 6.86. The van der Waals surface area contributed by atoms with E-state index in [0.29, 0.717) is 36.7 Å². The molecule has 0 bridgehead atoms. The highest BCUT2D eigenvalue weighted by molar-refractivity contribution is 5.61. The Morgan fingerprint density at radius 2 is 2.11 bits per heavy atom. The third-order valence-corrected chi connectivity index (χ3v) is 4.68. The molecule has 3 aromatic heterocycles. The maximum absolute atomic E-state index is 13.6. The molecular weight excluding hydrogens is 347 g/mol. The van der Waals surface area contributed by atoms with Crippen molar-refractivity contribution in [3.05, 3.63) is 42.5 Å². The maximum Gasteiger partial charge on any atom is 0.155 e. The number of nitrogens with zero attached hydrogens (tertiary/aromatic N) is 4. The van der Waals surface area contributed by atoms with Gasteiger partial charge in [-0.15, -0.1) is 0 Å². The summed E-state index contributed by atoms with van der Waals surface area (Å²) < 4.78 is 15.5. The molecular formula is C19H23FN6O. The van der Waals surface area contributed by atoms with Gasteiger partial charge in [-0.1, -0.05) is 6.07 Å². The van der Waals surface area contributed by atoms with Crippen LogP contribution in [0, 0.1) is 0 Å². The molecule has 142 valence electrons. The standard InChI is InChI=1S/C19H23FN6O/c1-19(2,27)16-11-26-15(9-23-18(26)10-22-16)14-4-3-5-17(25-14)24-13-6-12(20)7-21-8-13/h3-5,9-13,21,27H,6-8H2,1-2H3,(H,24,25)/t12-,13+/m0/s1. The molecule has 0 unspecified atom stereocenters. The number of hydrogen-bond donors (Lipinski definition) is 3. The summed E-state index contributed by atoms with van der Waals surface area (Å²) in [6, 6.07) is 5.68. The Morgan fingerprint density at radius 3 is 2.89 bits per heavy atom. The van der Waals surface area contributed by atoms with Gasteiger partial charge in [-0.05, 0) is 26.0 Å². The Kier molecular flexibility index (Phi) is 4.53. The van der Waals surface area contributed by atoms with Gasteiger partial charge in [-0.2, -0.15) is 0 Å². The second-order valence-electron chi connectivity index (χ2n) is 7.44. The Balaban J connectivity index is 1.65. The van der Waals surface area contributed by atoms with E-state index in [-0.39, 0.29) is 6.04 Å². The first-order chi connectivity index (χ1) is 12.9. The van der Waals surface area contributed by atoms with Crippen LogP contribution in [0.4, 0.5) is 10.2 Å². The molecule has 0 radical (unpaired) electrons. The summed E-state index contributed by atoms with van der Waals surface area (Å²) in [4.78, 5) is 13.3. The van der Waals surface area contributed by atoms with E-state index in [1.807, 2.05) is 22.6 Å². The zero-order valence-electron chi connectivity index (χ0n) is 15.4. The lowest BCUT2D eigenvalue weighted by atomic mass is 10.1. The minimum Gasteiger partial charge on any atom is -0.384 e. The highest BCUT2D eigenvalue weighted by atomic mass is 19.1. The molecule has 2 atom stereocenters. The van der Waals surface area contributed by atoms with Crippen molar-refractivity contribution in [1.82, 2.24) is 24.7 Å². The van der Waals surface area contributed by atoms with Crippen molar-refractivity contribution in [3.63, 3.8) is 0 Å². The van der Waals surface area contributed by atoms with Gasteiger partial charge in [0.05, 0.1) is 29.5 Å². The van der Waals surface area contributed by atoms with Crippen LogP contribution < -0.4 is 10.6 Å². The van der Waals surface area contributed by atoms with Gasteiger partial charge in [0, 0.05) is 31.7 Å². The van der Waals surface area contributed by atoms with Crippen molar-refractivity contribution in [3.8, 4) is 11.4 Å². The minimum absolute atomic E-state index is 0.00433. The monoisotopic (exact) mass is 370 g/mol. The fraction of sp³-hybridized carbons (Fsp3) is 0.421. The molecule has 1 aliphatic heterocycles.